The minimum Gasteiger partial charge on any atom is -0.493 e. The Kier molecular flexibility index (Phi) is 4.83. The van der Waals surface area contributed by atoms with Crippen molar-refractivity contribution in [1.82, 2.24) is 5.32 Å². The Balaban J connectivity index is 2.14. The average Bonchev–Trinajstić information content (AvgIpc) is 2.31. The molecule has 0 amide bonds. The highest BCUT2D eigenvalue weighted by Gasteiger charge is 2.20. The lowest BCUT2D eigenvalue weighted by atomic mass is 9.86. The first-order chi connectivity index (χ1) is 9.11. The molecule has 1 aromatic rings. The fourth-order valence-corrected chi connectivity index (χ4v) is 2.37. The van der Waals surface area contributed by atoms with Crippen molar-refractivity contribution in [2.75, 3.05) is 20.2 Å². The average molecular weight is 263 g/mol. The van der Waals surface area contributed by atoms with E-state index in [0.717, 1.165) is 17.9 Å². The largest absolute Gasteiger partial charge is 0.493 e. The monoisotopic (exact) mass is 263 g/mol. The number of aryl methyl sites for hydroxylation is 2. The van der Waals surface area contributed by atoms with Crippen LogP contribution in [-0.2, 0) is 0 Å². The smallest absolute Gasteiger partial charge is 0.125 e. The van der Waals surface area contributed by atoms with Crippen molar-refractivity contribution in [3.05, 3.63) is 28.8 Å². The van der Waals surface area contributed by atoms with E-state index < -0.39 is 6.10 Å². The Labute approximate surface area is 116 Å². The van der Waals surface area contributed by atoms with E-state index in [4.69, 9.17) is 4.74 Å². The van der Waals surface area contributed by atoms with Gasteiger partial charge in [0.15, 0.2) is 0 Å². The van der Waals surface area contributed by atoms with Crippen LogP contribution in [0.3, 0.4) is 0 Å². The van der Waals surface area contributed by atoms with Crippen LogP contribution in [0.1, 0.15) is 42.1 Å². The molecule has 0 spiro atoms. The fourth-order valence-electron chi connectivity index (χ4n) is 2.37. The first-order valence-corrected chi connectivity index (χ1v) is 7.18. The molecular weight excluding hydrogens is 238 g/mol. The molecule has 0 saturated heterocycles. The fraction of sp³-hybridized carbons (Fsp3) is 0.625. The maximum absolute atomic E-state index is 10.2. The van der Waals surface area contributed by atoms with Gasteiger partial charge in [-0.05, 0) is 62.9 Å². The molecule has 1 atom stereocenters. The molecule has 1 saturated carbocycles. The number of aliphatic hydroxyl groups excluding tert-OH is 1. The second-order valence-electron chi connectivity index (χ2n) is 5.66. The third-order valence-corrected chi connectivity index (χ3v) is 4.08. The first-order valence-electron chi connectivity index (χ1n) is 7.18. The summed E-state index contributed by atoms with van der Waals surface area (Å²) in [4.78, 5) is 0. The van der Waals surface area contributed by atoms with Crippen molar-refractivity contribution in [1.29, 1.82) is 0 Å². The van der Waals surface area contributed by atoms with Crippen LogP contribution in [0.2, 0.25) is 0 Å². The van der Waals surface area contributed by atoms with Crippen LogP contribution in [0.15, 0.2) is 12.1 Å². The van der Waals surface area contributed by atoms with Crippen LogP contribution in [0.4, 0.5) is 0 Å². The Morgan fingerprint density at radius 2 is 2.00 bits per heavy atom. The number of likely N-dealkylation sites (N-methyl/N-ethyl adjacent to an activating group) is 1. The van der Waals surface area contributed by atoms with Gasteiger partial charge in [-0.1, -0.05) is 6.42 Å². The van der Waals surface area contributed by atoms with Crippen molar-refractivity contribution in [3.8, 4) is 5.75 Å². The Bertz CT molecular complexity index is 427. The van der Waals surface area contributed by atoms with E-state index >= 15 is 0 Å². The molecule has 3 nitrogen and oxygen atoms in total. The van der Waals surface area contributed by atoms with Gasteiger partial charge >= 0.3 is 0 Å². The molecule has 1 unspecified atom stereocenters. The molecule has 2 N–H and O–H groups in total. The standard InChI is InChI=1S/C16H25NO2/c1-11-7-14(15(18)9-17-3)16(8-12(11)2)19-10-13-5-4-6-13/h7-8,13,15,17-18H,4-6,9-10H2,1-3H3. The third-order valence-electron chi connectivity index (χ3n) is 4.08. The number of rotatable bonds is 6. The summed E-state index contributed by atoms with van der Waals surface area (Å²) in [5.74, 6) is 1.55. The zero-order valence-corrected chi connectivity index (χ0v) is 12.2. The minimum atomic E-state index is -0.513. The highest BCUT2D eigenvalue weighted by Crippen LogP contribution is 2.31. The predicted octanol–water partition coefficient (Wildman–Crippen LogP) is 2.74. The van der Waals surface area contributed by atoms with Gasteiger partial charge in [-0.25, -0.2) is 0 Å². The van der Waals surface area contributed by atoms with Crippen molar-refractivity contribution in [2.45, 2.75) is 39.2 Å². The molecule has 1 aromatic carbocycles. The normalized spacial score (nSPS) is 17.1. The van der Waals surface area contributed by atoms with Crippen molar-refractivity contribution >= 4 is 0 Å². The Morgan fingerprint density at radius 3 is 2.58 bits per heavy atom. The molecule has 0 aliphatic heterocycles. The number of hydrogen-bond acceptors (Lipinski definition) is 3. The Hall–Kier alpha value is -1.06. The molecule has 0 bridgehead atoms. The van der Waals surface area contributed by atoms with Crippen LogP contribution in [-0.4, -0.2) is 25.3 Å². The molecule has 2 rings (SSSR count). The molecule has 1 aliphatic rings. The van der Waals surface area contributed by atoms with E-state index in [-0.39, 0.29) is 0 Å². The second-order valence-corrected chi connectivity index (χ2v) is 5.66. The van der Waals surface area contributed by atoms with E-state index in [1.165, 1.54) is 30.4 Å². The topological polar surface area (TPSA) is 41.5 Å². The number of benzene rings is 1. The number of ether oxygens (including phenoxy) is 1. The SMILES string of the molecule is CNCC(O)c1cc(C)c(C)cc1OCC1CCC1. The van der Waals surface area contributed by atoms with Gasteiger partial charge in [-0.2, -0.15) is 0 Å². The molecule has 0 radical (unpaired) electrons. The van der Waals surface area contributed by atoms with Crippen LogP contribution < -0.4 is 10.1 Å². The number of nitrogens with one attached hydrogen (secondary N) is 1. The quantitative estimate of drug-likeness (QED) is 0.829. The summed E-state index contributed by atoms with van der Waals surface area (Å²) in [5.41, 5.74) is 3.31. The summed E-state index contributed by atoms with van der Waals surface area (Å²) < 4.78 is 5.96. The van der Waals surface area contributed by atoms with Gasteiger partial charge in [0.1, 0.15) is 5.75 Å². The van der Waals surface area contributed by atoms with E-state index in [1.54, 1.807) is 0 Å². The van der Waals surface area contributed by atoms with E-state index in [0.29, 0.717) is 12.5 Å². The summed E-state index contributed by atoms with van der Waals surface area (Å²) in [6.07, 6.45) is 3.37. The molecule has 3 heteroatoms. The van der Waals surface area contributed by atoms with E-state index in [1.807, 2.05) is 13.1 Å². The summed E-state index contributed by atoms with van der Waals surface area (Å²) in [5, 5.41) is 13.2. The minimum absolute atomic E-state index is 0.513. The molecule has 0 heterocycles. The maximum Gasteiger partial charge on any atom is 0.125 e. The van der Waals surface area contributed by atoms with Crippen LogP contribution in [0.5, 0.6) is 5.75 Å². The van der Waals surface area contributed by atoms with E-state index in [9.17, 15) is 5.11 Å². The lowest BCUT2D eigenvalue weighted by Crippen LogP contribution is -2.21. The lowest BCUT2D eigenvalue weighted by Gasteiger charge is -2.26. The lowest BCUT2D eigenvalue weighted by molar-refractivity contribution is 0.155. The highest BCUT2D eigenvalue weighted by molar-refractivity contribution is 5.43. The van der Waals surface area contributed by atoms with Gasteiger partial charge in [0, 0.05) is 12.1 Å². The van der Waals surface area contributed by atoms with Crippen LogP contribution in [0, 0.1) is 19.8 Å². The highest BCUT2D eigenvalue weighted by atomic mass is 16.5. The second kappa shape index (κ2) is 6.40. The predicted molar refractivity (Wildman–Crippen MR) is 77.6 cm³/mol. The molecule has 19 heavy (non-hydrogen) atoms. The van der Waals surface area contributed by atoms with Crippen LogP contribution in [0.25, 0.3) is 0 Å². The maximum atomic E-state index is 10.2. The van der Waals surface area contributed by atoms with Gasteiger partial charge in [0.05, 0.1) is 12.7 Å². The van der Waals surface area contributed by atoms with Gasteiger partial charge in [-0.15, -0.1) is 0 Å². The van der Waals surface area contributed by atoms with Gasteiger partial charge in [-0.3, -0.25) is 0 Å². The summed E-state index contributed by atoms with van der Waals surface area (Å²) in [7, 11) is 1.85. The third kappa shape index (κ3) is 3.48. The van der Waals surface area contributed by atoms with Gasteiger partial charge < -0.3 is 15.2 Å². The number of aliphatic hydroxyl groups is 1. The number of hydrogen-bond donors (Lipinski definition) is 2. The van der Waals surface area contributed by atoms with Gasteiger partial charge in [0.2, 0.25) is 0 Å². The first kappa shape index (κ1) is 14.4. The van der Waals surface area contributed by atoms with Crippen molar-refractivity contribution < 1.29 is 9.84 Å². The molecular formula is C16H25NO2. The summed E-state index contributed by atoms with van der Waals surface area (Å²) in [6.45, 7) is 5.48. The molecule has 0 aromatic heterocycles. The molecule has 1 aliphatic carbocycles. The van der Waals surface area contributed by atoms with Crippen LogP contribution >= 0.6 is 0 Å². The Morgan fingerprint density at radius 1 is 1.32 bits per heavy atom. The van der Waals surface area contributed by atoms with E-state index in [2.05, 4.69) is 25.2 Å². The zero-order valence-electron chi connectivity index (χ0n) is 12.2. The summed E-state index contributed by atoms with van der Waals surface area (Å²) >= 11 is 0. The zero-order chi connectivity index (χ0) is 13.8. The van der Waals surface area contributed by atoms with Crippen molar-refractivity contribution in [2.24, 2.45) is 5.92 Å². The van der Waals surface area contributed by atoms with Crippen molar-refractivity contribution in [3.63, 3.8) is 0 Å². The van der Waals surface area contributed by atoms with Gasteiger partial charge in [0.25, 0.3) is 0 Å². The molecule has 106 valence electrons. The molecule has 1 fully saturated rings. The summed E-state index contributed by atoms with van der Waals surface area (Å²) in [6, 6.07) is 4.11.